The van der Waals surface area contributed by atoms with Gasteiger partial charge in [-0.2, -0.15) is 13.2 Å². The maximum Gasteiger partial charge on any atom is 0.394 e. The maximum absolute atomic E-state index is 13.0. The predicted octanol–water partition coefficient (Wildman–Crippen LogP) is 3.08. The Labute approximate surface area is 134 Å². The Bertz CT molecular complexity index is 811. The number of halogens is 3. The SMILES string of the molecule is Cc1ccc2oc(C(=O)N3C[C@@H](C(F)(F)F)[C@H](C(=O)O)C3)cc2c1. The van der Waals surface area contributed by atoms with E-state index < -0.39 is 43.0 Å². The van der Waals surface area contributed by atoms with Crippen molar-refractivity contribution in [3.8, 4) is 0 Å². The lowest BCUT2D eigenvalue weighted by Gasteiger charge is -2.17. The molecule has 8 heteroatoms. The molecule has 1 saturated heterocycles. The quantitative estimate of drug-likeness (QED) is 0.911. The van der Waals surface area contributed by atoms with Crippen molar-refractivity contribution in [1.29, 1.82) is 0 Å². The van der Waals surface area contributed by atoms with Crippen molar-refractivity contribution in [3.05, 3.63) is 35.6 Å². The van der Waals surface area contributed by atoms with Crippen molar-refractivity contribution >= 4 is 22.8 Å². The van der Waals surface area contributed by atoms with Crippen LogP contribution in [0.3, 0.4) is 0 Å². The molecule has 2 aromatic rings. The first kappa shape index (κ1) is 16.4. The molecule has 1 aromatic heterocycles. The highest BCUT2D eigenvalue weighted by Crippen LogP contribution is 2.38. The third-order valence-corrected chi connectivity index (χ3v) is 4.23. The van der Waals surface area contributed by atoms with Crippen molar-refractivity contribution in [1.82, 2.24) is 4.90 Å². The highest BCUT2D eigenvalue weighted by Gasteiger charge is 2.53. The Balaban J connectivity index is 1.87. The van der Waals surface area contributed by atoms with Crippen molar-refractivity contribution < 1.29 is 32.3 Å². The van der Waals surface area contributed by atoms with E-state index in [4.69, 9.17) is 9.52 Å². The second-order valence-electron chi connectivity index (χ2n) is 5.95. The molecule has 1 fully saturated rings. The molecular formula is C16H14F3NO4. The molecule has 0 radical (unpaired) electrons. The summed E-state index contributed by atoms with van der Waals surface area (Å²) < 4.78 is 44.4. The average molecular weight is 341 g/mol. The first-order valence-electron chi connectivity index (χ1n) is 7.26. The number of aryl methyl sites for hydroxylation is 1. The number of rotatable bonds is 2. The number of alkyl halides is 3. The van der Waals surface area contributed by atoms with Crippen molar-refractivity contribution in [2.75, 3.05) is 13.1 Å². The normalized spacial score (nSPS) is 21.4. The van der Waals surface area contributed by atoms with Gasteiger partial charge in [0.15, 0.2) is 5.76 Å². The lowest BCUT2D eigenvalue weighted by Crippen LogP contribution is -2.34. The van der Waals surface area contributed by atoms with Gasteiger partial charge in [0, 0.05) is 18.5 Å². The third-order valence-electron chi connectivity index (χ3n) is 4.23. The Hall–Kier alpha value is -2.51. The van der Waals surface area contributed by atoms with E-state index >= 15 is 0 Å². The fourth-order valence-electron chi connectivity index (χ4n) is 2.98. The zero-order valence-corrected chi connectivity index (χ0v) is 12.6. The minimum atomic E-state index is -4.68. The third kappa shape index (κ3) is 2.83. The number of furan rings is 1. The molecular weight excluding hydrogens is 327 g/mol. The van der Waals surface area contributed by atoms with Crippen LogP contribution in [-0.2, 0) is 4.79 Å². The van der Waals surface area contributed by atoms with Gasteiger partial charge < -0.3 is 14.4 Å². The minimum absolute atomic E-state index is 0.0948. The van der Waals surface area contributed by atoms with Crippen molar-refractivity contribution in [2.45, 2.75) is 13.1 Å². The first-order valence-corrected chi connectivity index (χ1v) is 7.26. The number of carboxylic acids is 1. The molecule has 1 aliphatic heterocycles. The number of likely N-dealkylation sites (tertiary alicyclic amines) is 1. The summed E-state index contributed by atoms with van der Waals surface area (Å²) >= 11 is 0. The number of benzene rings is 1. The lowest BCUT2D eigenvalue weighted by molar-refractivity contribution is -0.187. The van der Waals surface area contributed by atoms with Crippen LogP contribution in [0.1, 0.15) is 16.1 Å². The summed E-state index contributed by atoms with van der Waals surface area (Å²) in [5.41, 5.74) is 1.40. The summed E-state index contributed by atoms with van der Waals surface area (Å²) in [6.45, 7) is 0.684. The van der Waals surface area contributed by atoms with E-state index in [9.17, 15) is 22.8 Å². The highest BCUT2D eigenvalue weighted by molar-refractivity contribution is 5.96. The Morgan fingerprint density at radius 3 is 2.54 bits per heavy atom. The van der Waals surface area contributed by atoms with E-state index in [2.05, 4.69) is 0 Å². The average Bonchev–Trinajstić information content (AvgIpc) is 3.09. The molecule has 0 saturated carbocycles. The number of hydrogen-bond donors (Lipinski definition) is 1. The molecule has 2 atom stereocenters. The van der Waals surface area contributed by atoms with E-state index in [0.717, 1.165) is 10.5 Å². The number of aliphatic carboxylic acids is 1. The van der Waals surface area contributed by atoms with Gasteiger partial charge in [0.05, 0.1) is 11.8 Å². The topological polar surface area (TPSA) is 70.8 Å². The largest absolute Gasteiger partial charge is 0.481 e. The van der Waals surface area contributed by atoms with Crippen LogP contribution in [0.2, 0.25) is 0 Å². The van der Waals surface area contributed by atoms with Crippen LogP contribution in [0, 0.1) is 18.8 Å². The number of nitrogens with zero attached hydrogens (tertiary/aromatic N) is 1. The summed E-state index contributed by atoms with van der Waals surface area (Å²) in [7, 11) is 0. The second-order valence-corrected chi connectivity index (χ2v) is 5.95. The van der Waals surface area contributed by atoms with Crippen molar-refractivity contribution in [3.63, 3.8) is 0 Å². The number of carbonyl (C=O) groups excluding carboxylic acids is 1. The number of hydrogen-bond acceptors (Lipinski definition) is 3. The van der Waals surface area contributed by atoms with Crippen LogP contribution in [0.15, 0.2) is 28.7 Å². The van der Waals surface area contributed by atoms with Gasteiger partial charge in [-0.1, -0.05) is 11.6 Å². The summed E-state index contributed by atoms with van der Waals surface area (Å²) in [6, 6.07) is 6.71. The summed E-state index contributed by atoms with van der Waals surface area (Å²) in [6.07, 6.45) is -4.68. The molecule has 0 bridgehead atoms. The Kier molecular flexibility index (Phi) is 3.77. The van der Waals surface area contributed by atoms with Gasteiger partial charge in [-0.25, -0.2) is 0 Å². The van der Waals surface area contributed by atoms with Gasteiger partial charge in [0.1, 0.15) is 5.58 Å². The maximum atomic E-state index is 13.0. The molecule has 0 unspecified atom stereocenters. The van der Waals surface area contributed by atoms with Gasteiger partial charge in [-0.15, -0.1) is 0 Å². The monoisotopic (exact) mass is 341 g/mol. The molecule has 5 nitrogen and oxygen atoms in total. The predicted molar refractivity (Wildman–Crippen MR) is 77.5 cm³/mol. The minimum Gasteiger partial charge on any atom is -0.481 e. The first-order chi connectivity index (χ1) is 11.2. The Morgan fingerprint density at radius 2 is 1.96 bits per heavy atom. The van der Waals surface area contributed by atoms with E-state index in [1.807, 2.05) is 6.92 Å². The van der Waals surface area contributed by atoms with E-state index in [0.29, 0.717) is 11.0 Å². The number of carboxylic acid groups (broad SMARTS) is 1. The molecule has 128 valence electrons. The molecule has 1 N–H and O–H groups in total. The van der Waals surface area contributed by atoms with Crippen LogP contribution in [0.25, 0.3) is 11.0 Å². The van der Waals surface area contributed by atoms with E-state index in [1.54, 1.807) is 18.2 Å². The van der Waals surface area contributed by atoms with Gasteiger partial charge >= 0.3 is 12.1 Å². The van der Waals surface area contributed by atoms with Gasteiger partial charge in [-0.05, 0) is 25.1 Å². The van der Waals surface area contributed by atoms with Crippen LogP contribution in [0.5, 0.6) is 0 Å². The van der Waals surface area contributed by atoms with E-state index in [1.165, 1.54) is 6.07 Å². The zero-order chi connectivity index (χ0) is 17.6. The summed E-state index contributed by atoms with van der Waals surface area (Å²) in [5, 5.41) is 9.67. The number of amides is 1. The van der Waals surface area contributed by atoms with Crippen LogP contribution < -0.4 is 0 Å². The summed E-state index contributed by atoms with van der Waals surface area (Å²) in [5.74, 6) is -6.14. The number of carbonyl (C=O) groups is 2. The highest BCUT2D eigenvalue weighted by atomic mass is 19.4. The molecule has 0 spiro atoms. The standard InChI is InChI=1S/C16H14F3NO4/c1-8-2-3-12-9(4-8)5-13(24-12)14(21)20-6-10(15(22)23)11(7-20)16(17,18)19/h2-5,10-11H,6-7H2,1H3,(H,22,23)/t10-,11-/m1/s1. The van der Waals surface area contributed by atoms with Crippen molar-refractivity contribution in [2.24, 2.45) is 11.8 Å². The van der Waals surface area contributed by atoms with Gasteiger partial charge in [0.2, 0.25) is 0 Å². The molecule has 3 rings (SSSR count). The zero-order valence-electron chi connectivity index (χ0n) is 12.6. The van der Waals surface area contributed by atoms with Crippen LogP contribution >= 0.6 is 0 Å². The molecule has 0 aliphatic carbocycles. The van der Waals surface area contributed by atoms with Crippen LogP contribution in [-0.4, -0.2) is 41.1 Å². The molecule has 1 amide bonds. The molecule has 1 aromatic carbocycles. The molecule has 1 aliphatic rings. The van der Waals surface area contributed by atoms with Gasteiger partial charge in [-0.3, -0.25) is 9.59 Å². The molecule has 2 heterocycles. The van der Waals surface area contributed by atoms with Gasteiger partial charge in [0.25, 0.3) is 5.91 Å². The summed E-state index contributed by atoms with van der Waals surface area (Å²) in [4.78, 5) is 24.4. The number of fused-ring (bicyclic) bond motifs is 1. The lowest BCUT2D eigenvalue weighted by atomic mass is 9.96. The van der Waals surface area contributed by atoms with Crippen LogP contribution in [0.4, 0.5) is 13.2 Å². The fourth-order valence-corrected chi connectivity index (χ4v) is 2.98. The smallest absolute Gasteiger partial charge is 0.394 e. The fraction of sp³-hybridized carbons (Fsp3) is 0.375. The Morgan fingerprint density at radius 1 is 1.25 bits per heavy atom. The van der Waals surface area contributed by atoms with E-state index in [-0.39, 0.29) is 5.76 Å². The second kappa shape index (κ2) is 5.54. The molecule has 24 heavy (non-hydrogen) atoms.